The summed E-state index contributed by atoms with van der Waals surface area (Å²) in [5.41, 5.74) is 12.1. The molecule has 0 amide bonds. The summed E-state index contributed by atoms with van der Waals surface area (Å²) >= 11 is 6.20. The van der Waals surface area contributed by atoms with Crippen LogP contribution in [0.3, 0.4) is 0 Å². The number of rotatable bonds is 2. The highest BCUT2D eigenvalue weighted by atomic mass is 35.5. The van der Waals surface area contributed by atoms with Gasteiger partial charge in [-0.05, 0) is 47.7 Å². The van der Waals surface area contributed by atoms with Crippen molar-refractivity contribution in [3.8, 4) is 0 Å². The summed E-state index contributed by atoms with van der Waals surface area (Å²) in [6.07, 6.45) is 1.07. The first-order valence-electron chi connectivity index (χ1n) is 6.97. The van der Waals surface area contributed by atoms with Crippen molar-refractivity contribution in [3.63, 3.8) is 0 Å². The first-order chi connectivity index (χ1) is 9.63. The van der Waals surface area contributed by atoms with Gasteiger partial charge in [0.1, 0.15) is 0 Å². The Hall–Kier alpha value is -1.51. The smallest absolute Gasteiger partial charge is 0.0438 e. The minimum atomic E-state index is 0.847. The number of nitrogen functional groups attached to an aromatic ring is 1. The molecule has 2 aromatic carbocycles. The van der Waals surface area contributed by atoms with Crippen LogP contribution >= 0.6 is 11.6 Å². The van der Waals surface area contributed by atoms with E-state index in [2.05, 4.69) is 29.2 Å². The van der Waals surface area contributed by atoms with Crippen molar-refractivity contribution in [1.82, 2.24) is 4.90 Å². The topological polar surface area (TPSA) is 29.3 Å². The molecule has 0 fully saturated rings. The van der Waals surface area contributed by atoms with Crippen LogP contribution in [0.4, 0.5) is 5.69 Å². The number of fused-ring (bicyclic) bond motifs is 1. The number of halogens is 1. The van der Waals surface area contributed by atoms with Crippen LogP contribution in [0.15, 0.2) is 36.4 Å². The molecule has 0 atom stereocenters. The van der Waals surface area contributed by atoms with E-state index >= 15 is 0 Å². The monoisotopic (exact) mass is 286 g/mol. The summed E-state index contributed by atoms with van der Waals surface area (Å²) in [5, 5.41) is 0.847. The van der Waals surface area contributed by atoms with Gasteiger partial charge >= 0.3 is 0 Å². The summed E-state index contributed by atoms with van der Waals surface area (Å²) in [4.78, 5) is 2.43. The summed E-state index contributed by atoms with van der Waals surface area (Å²) < 4.78 is 0. The molecular weight excluding hydrogens is 268 g/mol. The van der Waals surface area contributed by atoms with E-state index < -0.39 is 0 Å². The fourth-order valence-corrected chi connectivity index (χ4v) is 2.99. The number of hydrogen-bond donors (Lipinski definition) is 1. The molecule has 3 heteroatoms. The van der Waals surface area contributed by atoms with E-state index in [4.69, 9.17) is 17.3 Å². The zero-order valence-electron chi connectivity index (χ0n) is 11.7. The number of nitrogens with zero attached hydrogens (tertiary/aromatic N) is 1. The highest BCUT2D eigenvalue weighted by molar-refractivity contribution is 6.31. The first kappa shape index (κ1) is 13.5. The molecular formula is C17H19ClN2. The summed E-state index contributed by atoms with van der Waals surface area (Å²) in [6, 6.07) is 12.5. The van der Waals surface area contributed by atoms with Crippen molar-refractivity contribution in [1.29, 1.82) is 0 Å². The van der Waals surface area contributed by atoms with Crippen molar-refractivity contribution in [3.05, 3.63) is 63.7 Å². The van der Waals surface area contributed by atoms with Gasteiger partial charge < -0.3 is 5.73 Å². The SMILES string of the molecule is Cc1ccc(CN2CCc3cccc(N)c3C2)cc1Cl. The summed E-state index contributed by atoms with van der Waals surface area (Å²) in [7, 11) is 0. The lowest BCUT2D eigenvalue weighted by atomic mass is 9.97. The van der Waals surface area contributed by atoms with Gasteiger partial charge in [0.05, 0.1) is 0 Å². The molecule has 0 radical (unpaired) electrons. The Morgan fingerprint density at radius 2 is 2.10 bits per heavy atom. The molecule has 2 N–H and O–H groups in total. The molecule has 104 valence electrons. The van der Waals surface area contributed by atoms with Crippen LogP contribution in [-0.4, -0.2) is 11.4 Å². The second-order valence-corrected chi connectivity index (χ2v) is 5.94. The molecule has 0 unspecified atom stereocenters. The molecule has 0 spiro atoms. The molecule has 20 heavy (non-hydrogen) atoms. The average molecular weight is 287 g/mol. The molecule has 0 aliphatic carbocycles. The maximum Gasteiger partial charge on any atom is 0.0438 e. The van der Waals surface area contributed by atoms with E-state index in [1.54, 1.807) is 0 Å². The second-order valence-electron chi connectivity index (χ2n) is 5.53. The van der Waals surface area contributed by atoms with Crippen LogP contribution in [0.2, 0.25) is 5.02 Å². The number of hydrogen-bond acceptors (Lipinski definition) is 2. The van der Waals surface area contributed by atoms with Crippen LogP contribution in [0, 0.1) is 6.92 Å². The number of anilines is 1. The zero-order valence-corrected chi connectivity index (χ0v) is 12.5. The van der Waals surface area contributed by atoms with Gasteiger partial charge in [-0.1, -0.05) is 35.9 Å². The lowest BCUT2D eigenvalue weighted by molar-refractivity contribution is 0.246. The van der Waals surface area contributed by atoms with Crippen LogP contribution < -0.4 is 5.73 Å². The standard InChI is InChI=1S/C17H19ClN2/c1-12-5-6-13(9-16(12)18)10-20-8-7-14-3-2-4-17(19)15(14)11-20/h2-6,9H,7-8,10-11,19H2,1H3. The maximum absolute atomic E-state index is 6.20. The predicted molar refractivity (Wildman–Crippen MR) is 84.9 cm³/mol. The van der Waals surface area contributed by atoms with Crippen molar-refractivity contribution in [2.24, 2.45) is 0 Å². The second kappa shape index (κ2) is 5.47. The predicted octanol–water partition coefficient (Wildman–Crippen LogP) is 3.79. The van der Waals surface area contributed by atoms with Crippen LogP contribution in [0.1, 0.15) is 22.3 Å². The van der Waals surface area contributed by atoms with Gasteiger partial charge in [-0.3, -0.25) is 4.90 Å². The fraction of sp³-hybridized carbons (Fsp3) is 0.294. The van der Waals surface area contributed by atoms with Gasteiger partial charge in [-0.2, -0.15) is 0 Å². The Kier molecular flexibility index (Phi) is 3.68. The van der Waals surface area contributed by atoms with Crippen molar-refractivity contribution in [2.45, 2.75) is 26.4 Å². The minimum absolute atomic E-state index is 0.847. The van der Waals surface area contributed by atoms with Crippen LogP contribution in [-0.2, 0) is 19.5 Å². The Morgan fingerprint density at radius 3 is 2.90 bits per heavy atom. The summed E-state index contributed by atoms with van der Waals surface area (Å²) in [5.74, 6) is 0. The van der Waals surface area contributed by atoms with Crippen LogP contribution in [0.5, 0.6) is 0 Å². The largest absolute Gasteiger partial charge is 0.398 e. The fourth-order valence-electron chi connectivity index (χ4n) is 2.79. The van der Waals surface area contributed by atoms with Gasteiger partial charge in [0.25, 0.3) is 0 Å². The average Bonchev–Trinajstić information content (AvgIpc) is 2.44. The number of nitrogens with two attached hydrogens (primary N) is 1. The molecule has 2 nitrogen and oxygen atoms in total. The molecule has 1 aliphatic rings. The van der Waals surface area contributed by atoms with E-state index in [9.17, 15) is 0 Å². The Morgan fingerprint density at radius 1 is 1.25 bits per heavy atom. The van der Waals surface area contributed by atoms with E-state index in [1.165, 1.54) is 16.7 Å². The lowest BCUT2D eigenvalue weighted by Gasteiger charge is -2.29. The van der Waals surface area contributed by atoms with Gasteiger partial charge in [-0.15, -0.1) is 0 Å². The molecule has 0 saturated heterocycles. The highest BCUT2D eigenvalue weighted by Gasteiger charge is 2.18. The third-order valence-electron chi connectivity index (χ3n) is 4.03. The summed E-state index contributed by atoms with van der Waals surface area (Å²) in [6.45, 7) is 4.95. The highest BCUT2D eigenvalue weighted by Crippen LogP contribution is 2.26. The third kappa shape index (κ3) is 2.67. The third-order valence-corrected chi connectivity index (χ3v) is 4.44. The molecule has 2 aromatic rings. The van der Waals surface area contributed by atoms with E-state index in [1.807, 2.05) is 19.1 Å². The molecule has 1 heterocycles. The molecule has 0 saturated carbocycles. The Bertz CT molecular complexity index is 637. The maximum atomic E-state index is 6.20. The van der Waals surface area contributed by atoms with Crippen molar-refractivity contribution < 1.29 is 0 Å². The van der Waals surface area contributed by atoms with E-state index in [0.29, 0.717) is 0 Å². The Balaban J connectivity index is 1.77. The van der Waals surface area contributed by atoms with Crippen molar-refractivity contribution in [2.75, 3.05) is 12.3 Å². The Labute approximate surface area is 125 Å². The molecule has 0 bridgehead atoms. The minimum Gasteiger partial charge on any atom is -0.398 e. The molecule has 1 aliphatic heterocycles. The quantitative estimate of drug-likeness (QED) is 0.851. The van der Waals surface area contributed by atoms with Gasteiger partial charge in [0, 0.05) is 30.3 Å². The van der Waals surface area contributed by atoms with Gasteiger partial charge in [0.15, 0.2) is 0 Å². The van der Waals surface area contributed by atoms with E-state index in [-0.39, 0.29) is 0 Å². The normalized spacial score (nSPS) is 15.1. The number of benzene rings is 2. The van der Waals surface area contributed by atoms with Crippen LogP contribution in [0.25, 0.3) is 0 Å². The van der Waals surface area contributed by atoms with Gasteiger partial charge in [-0.25, -0.2) is 0 Å². The van der Waals surface area contributed by atoms with Crippen molar-refractivity contribution >= 4 is 17.3 Å². The van der Waals surface area contributed by atoms with Gasteiger partial charge in [0.2, 0.25) is 0 Å². The molecule has 0 aromatic heterocycles. The van der Waals surface area contributed by atoms with E-state index in [0.717, 1.165) is 42.3 Å². The lowest BCUT2D eigenvalue weighted by Crippen LogP contribution is -2.30. The first-order valence-corrected chi connectivity index (χ1v) is 7.35. The molecule has 3 rings (SSSR count). The number of aryl methyl sites for hydroxylation is 1. The zero-order chi connectivity index (χ0) is 14.1.